The van der Waals surface area contributed by atoms with Gasteiger partial charge in [-0.1, -0.05) is 24.8 Å². The third-order valence-electron chi connectivity index (χ3n) is 3.07. The average molecular weight is 325 g/mol. The van der Waals surface area contributed by atoms with Crippen LogP contribution in [0.2, 0.25) is 0 Å². The van der Waals surface area contributed by atoms with E-state index < -0.39 is 0 Å². The molecule has 1 N–H and O–H groups in total. The number of nitrogens with one attached hydrogen (secondary N) is 1. The lowest BCUT2D eigenvalue weighted by Crippen LogP contribution is -2.15. The van der Waals surface area contributed by atoms with E-state index in [0.717, 1.165) is 5.57 Å². The van der Waals surface area contributed by atoms with Crippen molar-refractivity contribution in [3.8, 4) is 11.5 Å². The molecule has 0 aliphatic heterocycles. The fourth-order valence-electron chi connectivity index (χ4n) is 2.08. The zero-order chi connectivity index (χ0) is 17.5. The summed E-state index contributed by atoms with van der Waals surface area (Å²) in [5.41, 5.74) is 2.10. The van der Waals surface area contributed by atoms with Crippen molar-refractivity contribution in [3.63, 3.8) is 0 Å². The van der Waals surface area contributed by atoms with E-state index in [1.54, 1.807) is 18.2 Å². The van der Waals surface area contributed by atoms with Crippen LogP contribution in [-0.4, -0.2) is 18.6 Å². The summed E-state index contributed by atoms with van der Waals surface area (Å²) < 4.78 is 11.3. The Hall–Kier alpha value is -2.75. The molecule has 0 aromatic heterocycles. The van der Waals surface area contributed by atoms with Crippen LogP contribution in [-0.2, 0) is 0 Å². The van der Waals surface area contributed by atoms with Gasteiger partial charge in [-0.25, -0.2) is 0 Å². The van der Waals surface area contributed by atoms with Gasteiger partial charge in [-0.2, -0.15) is 0 Å². The summed E-state index contributed by atoms with van der Waals surface area (Å²) >= 11 is 0. The Kier molecular flexibility index (Phi) is 6.01. The van der Waals surface area contributed by atoms with Crippen molar-refractivity contribution < 1.29 is 14.3 Å². The Bertz CT molecular complexity index is 722. The molecule has 0 fully saturated rings. The first-order valence-electron chi connectivity index (χ1n) is 7.90. The van der Waals surface area contributed by atoms with Crippen LogP contribution >= 0.6 is 0 Å². The van der Waals surface area contributed by atoms with E-state index in [1.165, 1.54) is 0 Å². The van der Waals surface area contributed by atoms with Crippen LogP contribution in [0.3, 0.4) is 0 Å². The van der Waals surface area contributed by atoms with Crippen molar-refractivity contribution in [1.82, 2.24) is 0 Å². The zero-order valence-electron chi connectivity index (χ0n) is 14.3. The van der Waals surface area contributed by atoms with Gasteiger partial charge in [0.1, 0.15) is 18.1 Å². The fourth-order valence-corrected chi connectivity index (χ4v) is 2.08. The fraction of sp³-hybridized carbons (Fsp3) is 0.250. The predicted octanol–water partition coefficient (Wildman–Crippen LogP) is 4.68. The summed E-state index contributed by atoms with van der Waals surface area (Å²) in [5.74, 6) is 1.03. The van der Waals surface area contributed by atoms with E-state index >= 15 is 0 Å². The summed E-state index contributed by atoms with van der Waals surface area (Å²) in [6, 6.07) is 14.5. The number of hydrogen-bond donors (Lipinski definition) is 1. The number of ether oxygens (including phenoxy) is 2. The molecule has 2 aromatic rings. The van der Waals surface area contributed by atoms with Crippen LogP contribution in [0.4, 0.5) is 5.69 Å². The van der Waals surface area contributed by atoms with Crippen molar-refractivity contribution in [3.05, 3.63) is 66.2 Å². The Morgan fingerprint density at radius 1 is 1.17 bits per heavy atom. The van der Waals surface area contributed by atoms with Crippen LogP contribution in [0.25, 0.3) is 0 Å². The van der Waals surface area contributed by atoms with Crippen molar-refractivity contribution in [2.24, 2.45) is 0 Å². The molecule has 0 bridgehead atoms. The van der Waals surface area contributed by atoms with Gasteiger partial charge in [-0.3, -0.25) is 4.79 Å². The highest BCUT2D eigenvalue weighted by molar-refractivity contribution is 6.06. The Morgan fingerprint density at radius 2 is 1.92 bits per heavy atom. The van der Waals surface area contributed by atoms with Crippen LogP contribution in [0.5, 0.6) is 11.5 Å². The normalized spacial score (nSPS) is 10.3. The summed E-state index contributed by atoms with van der Waals surface area (Å²) in [6.07, 6.45) is -0.00202. The van der Waals surface area contributed by atoms with Crippen molar-refractivity contribution in [1.29, 1.82) is 0 Å². The molecule has 0 aliphatic carbocycles. The van der Waals surface area contributed by atoms with Crippen LogP contribution < -0.4 is 14.8 Å². The van der Waals surface area contributed by atoms with E-state index in [1.807, 2.05) is 51.1 Å². The molecule has 0 unspecified atom stereocenters. The standard InChI is InChI=1S/C20H23NO3/c1-14(2)13-23-17-9-7-8-16(12-17)21-20(22)18-10-5-6-11-19(18)24-15(3)4/h5-12,15H,1,13H2,2-4H3,(H,21,22). The second kappa shape index (κ2) is 8.20. The second-order valence-electron chi connectivity index (χ2n) is 5.89. The Labute approximate surface area is 143 Å². The lowest BCUT2D eigenvalue weighted by atomic mass is 10.1. The molecular weight excluding hydrogens is 302 g/mol. The highest BCUT2D eigenvalue weighted by Gasteiger charge is 2.13. The van der Waals surface area contributed by atoms with Crippen LogP contribution in [0, 0.1) is 0 Å². The van der Waals surface area contributed by atoms with E-state index in [4.69, 9.17) is 9.47 Å². The maximum atomic E-state index is 12.5. The molecule has 4 nitrogen and oxygen atoms in total. The summed E-state index contributed by atoms with van der Waals surface area (Å²) in [7, 11) is 0. The predicted molar refractivity (Wildman–Crippen MR) is 96.9 cm³/mol. The Balaban J connectivity index is 2.12. The number of hydrogen-bond acceptors (Lipinski definition) is 3. The molecule has 0 radical (unpaired) electrons. The lowest BCUT2D eigenvalue weighted by Gasteiger charge is -2.14. The van der Waals surface area contributed by atoms with E-state index in [-0.39, 0.29) is 12.0 Å². The minimum Gasteiger partial charge on any atom is -0.490 e. The quantitative estimate of drug-likeness (QED) is 0.752. The van der Waals surface area contributed by atoms with Gasteiger partial charge in [0.25, 0.3) is 5.91 Å². The lowest BCUT2D eigenvalue weighted by molar-refractivity contribution is 0.102. The van der Waals surface area contributed by atoms with Gasteiger partial charge in [-0.05, 0) is 50.6 Å². The highest BCUT2D eigenvalue weighted by atomic mass is 16.5. The first kappa shape index (κ1) is 17.6. The first-order valence-corrected chi connectivity index (χ1v) is 7.90. The summed E-state index contributed by atoms with van der Waals surface area (Å²) in [6.45, 7) is 10.0. The summed E-state index contributed by atoms with van der Waals surface area (Å²) in [5, 5.41) is 2.88. The van der Waals surface area contributed by atoms with E-state index in [9.17, 15) is 4.79 Å². The number of amides is 1. The maximum Gasteiger partial charge on any atom is 0.259 e. The van der Waals surface area contributed by atoms with E-state index in [0.29, 0.717) is 29.4 Å². The Morgan fingerprint density at radius 3 is 2.62 bits per heavy atom. The molecule has 0 heterocycles. The molecule has 1 amide bonds. The van der Waals surface area contributed by atoms with Crippen LogP contribution in [0.1, 0.15) is 31.1 Å². The number of anilines is 1. The number of carbonyl (C=O) groups is 1. The van der Waals surface area contributed by atoms with Crippen molar-refractivity contribution in [2.75, 3.05) is 11.9 Å². The van der Waals surface area contributed by atoms with Gasteiger partial charge in [-0.15, -0.1) is 0 Å². The number of para-hydroxylation sites is 1. The molecule has 4 heteroatoms. The molecule has 2 rings (SSSR count). The second-order valence-corrected chi connectivity index (χ2v) is 5.89. The molecule has 0 aliphatic rings. The molecule has 0 saturated heterocycles. The largest absolute Gasteiger partial charge is 0.490 e. The minimum atomic E-state index is -0.219. The highest BCUT2D eigenvalue weighted by Crippen LogP contribution is 2.23. The van der Waals surface area contributed by atoms with Gasteiger partial charge < -0.3 is 14.8 Å². The van der Waals surface area contributed by atoms with Crippen molar-refractivity contribution in [2.45, 2.75) is 26.9 Å². The SMILES string of the molecule is C=C(C)COc1cccc(NC(=O)c2ccccc2OC(C)C)c1. The molecule has 24 heavy (non-hydrogen) atoms. The molecule has 0 saturated carbocycles. The number of rotatable bonds is 7. The topological polar surface area (TPSA) is 47.6 Å². The molecule has 0 spiro atoms. The third-order valence-corrected chi connectivity index (χ3v) is 3.07. The number of benzene rings is 2. The van der Waals surface area contributed by atoms with E-state index in [2.05, 4.69) is 11.9 Å². The van der Waals surface area contributed by atoms with Gasteiger partial charge >= 0.3 is 0 Å². The van der Waals surface area contributed by atoms with Crippen LogP contribution in [0.15, 0.2) is 60.7 Å². The minimum absolute atomic E-state index is 0.00202. The maximum absolute atomic E-state index is 12.5. The smallest absolute Gasteiger partial charge is 0.259 e. The summed E-state index contributed by atoms with van der Waals surface area (Å²) in [4.78, 5) is 12.5. The van der Waals surface area contributed by atoms with Gasteiger partial charge in [0, 0.05) is 11.8 Å². The molecule has 126 valence electrons. The molecule has 0 atom stereocenters. The third kappa shape index (κ3) is 5.16. The van der Waals surface area contributed by atoms with Crippen molar-refractivity contribution >= 4 is 11.6 Å². The monoisotopic (exact) mass is 325 g/mol. The molecular formula is C20H23NO3. The average Bonchev–Trinajstić information content (AvgIpc) is 2.53. The molecule has 2 aromatic carbocycles. The van der Waals surface area contributed by atoms with Gasteiger partial charge in [0.2, 0.25) is 0 Å². The number of carbonyl (C=O) groups excluding carboxylic acids is 1. The first-order chi connectivity index (χ1) is 11.5. The van der Waals surface area contributed by atoms with Gasteiger partial charge in [0.05, 0.1) is 11.7 Å². The zero-order valence-corrected chi connectivity index (χ0v) is 14.3. The van der Waals surface area contributed by atoms with Gasteiger partial charge in [0.15, 0.2) is 0 Å².